The van der Waals surface area contributed by atoms with Gasteiger partial charge in [-0.1, -0.05) is 61.5 Å². The Morgan fingerprint density at radius 1 is 1.17 bits per heavy atom. The van der Waals surface area contributed by atoms with Crippen LogP contribution in [0.25, 0.3) is 0 Å². The maximum atomic E-state index is 12.1. The molecule has 0 unspecified atom stereocenters. The second-order valence-corrected chi connectivity index (χ2v) is 8.00. The molecule has 156 valence electrons. The summed E-state index contributed by atoms with van der Waals surface area (Å²) >= 11 is 0. The summed E-state index contributed by atoms with van der Waals surface area (Å²) in [6, 6.07) is 18.0. The van der Waals surface area contributed by atoms with Crippen LogP contribution >= 0.6 is 0 Å². The molecule has 29 heavy (non-hydrogen) atoms. The number of nitrogens with zero attached hydrogens (tertiary/aromatic N) is 1. The summed E-state index contributed by atoms with van der Waals surface area (Å²) in [7, 11) is 0. The van der Waals surface area contributed by atoms with E-state index in [2.05, 4.69) is 41.4 Å². The van der Waals surface area contributed by atoms with Crippen molar-refractivity contribution in [3.8, 4) is 0 Å². The first-order chi connectivity index (χ1) is 14.0. The van der Waals surface area contributed by atoms with Crippen LogP contribution in [0, 0.1) is 5.92 Å². The van der Waals surface area contributed by atoms with Crippen molar-refractivity contribution < 1.29 is 14.6 Å². The Morgan fingerprint density at radius 2 is 1.86 bits per heavy atom. The lowest BCUT2D eigenvalue weighted by molar-refractivity contribution is 0.0667. The number of amides is 1. The van der Waals surface area contributed by atoms with Crippen LogP contribution in [0.2, 0.25) is 0 Å². The molecule has 3 rings (SSSR count). The summed E-state index contributed by atoms with van der Waals surface area (Å²) in [5.41, 5.74) is 3.78. The van der Waals surface area contributed by atoms with Gasteiger partial charge in [-0.3, -0.25) is 4.90 Å². The second kappa shape index (κ2) is 10.4. The summed E-state index contributed by atoms with van der Waals surface area (Å²) in [5, 5.41) is 13.9. The van der Waals surface area contributed by atoms with Crippen LogP contribution in [-0.2, 0) is 24.1 Å². The first-order valence-electron chi connectivity index (χ1n) is 10.5. The molecule has 5 heteroatoms. The Morgan fingerprint density at radius 3 is 2.59 bits per heavy atom. The largest absolute Gasteiger partial charge is 0.450 e. The van der Waals surface area contributed by atoms with Gasteiger partial charge in [0.05, 0.1) is 18.8 Å². The molecule has 3 atom stereocenters. The molecule has 1 aliphatic rings. The third-order valence-corrected chi connectivity index (χ3v) is 5.44. The van der Waals surface area contributed by atoms with Crippen LogP contribution < -0.4 is 5.32 Å². The minimum Gasteiger partial charge on any atom is -0.450 e. The molecule has 1 heterocycles. The van der Waals surface area contributed by atoms with E-state index in [1.807, 2.05) is 30.3 Å². The number of carbonyl (C=O) groups is 1. The first kappa shape index (κ1) is 21.3. The molecule has 0 fully saturated rings. The van der Waals surface area contributed by atoms with Gasteiger partial charge in [0.1, 0.15) is 0 Å². The minimum absolute atomic E-state index is 0.306. The number of ether oxygens (including phenoxy) is 1. The van der Waals surface area contributed by atoms with Crippen molar-refractivity contribution in [2.75, 3.05) is 19.7 Å². The summed E-state index contributed by atoms with van der Waals surface area (Å²) in [6.45, 7) is 6.57. The van der Waals surface area contributed by atoms with Crippen molar-refractivity contribution in [1.29, 1.82) is 0 Å². The van der Waals surface area contributed by atoms with E-state index in [1.54, 1.807) is 6.92 Å². The van der Waals surface area contributed by atoms with Crippen molar-refractivity contribution in [2.24, 2.45) is 5.92 Å². The Balaban J connectivity index is 1.71. The van der Waals surface area contributed by atoms with E-state index in [4.69, 9.17) is 4.74 Å². The number of aliphatic hydroxyl groups excluding tert-OH is 1. The van der Waals surface area contributed by atoms with E-state index in [0.717, 1.165) is 25.1 Å². The fourth-order valence-electron chi connectivity index (χ4n) is 4.10. The third kappa shape index (κ3) is 6.31. The Hall–Kier alpha value is -2.37. The number of hydrogen-bond acceptors (Lipinski definition) is 4. The monoisotopic (exact) mass is 396 g/mol. The highest BCUT2D eigenvalue weighted by Gasteiger charge is 2.27. The molecule has 0 bridgehead atoms. The average Bonchev–Trinajstić information content (AvgIpc) is 2.85. The molecular formula is C24H32N2O3. The highest BCUT2D eigenvalue weighted by Crippen LogP contribution is 2.22. The van der Waals surface area contributed by atoms with Gasteiger partial charge in [-0.15, -0.1) is 0 Å². The number of carbonyl (C=O) groups excluding carboxylic acids is 1. The molecule has 0 aliphatic carbocycles. The van der Waals surface area contributed by atoms with Crippen LogP contribution in [-0.4, -0.2) is 47.9 Å². The van der Waals surface area contributed by atoms with Gasteiger partial charge < -0.3 is 15.2 Å². The molecule has 2 aromatic rings. The van der Waals surface area contributed by atoms with E-state index in [-0.39, 0.29) is 0 Å². The predicted molar refractivity (Wildman–Crippen MR) is 115 cm³/mol. The van der Waals surface area contributed by atoms with Crippen LogP contribution in [0.1, 0.15) is 30.5 Å². The number of hydrogen-bond donors (Lipinski definition) is 2. The maximum Gasteiger partial charge on any atom is 0.407 e. The van der Waals surface area contributed by atoms with Gasteiger partial charge in [-0.2, -0.15) is 0 Å². The molecule has 0 spiro atoms. The normalized spacial score (nSPS) is 18.9. The van der Waals surface area contributed by atoms with E-state index in [1.165, 1.54) is 11.1 Å². The SMILES string of the molecule is CCOC(=O)N[C@@H](Cc1ccccc1)[C@H](O)CN1Cc2ccccc2C[C@H](C)C1. The lowest BCUT2D eigenvalue weighted by Crippen LogP contribution is -2.50. The first-order valence-corrected chi connectivity index (χ1v) is 10.5. The van der Waals surface area contributed by atoms with Crippen molar-refractivity contribution in [2.45, 2.75) is 45.4 Å². The maximum absolute atomic E-state index is 12.1. The van der Waals surface area contributed by atoms with Gasteiger partial charge in [0.2, 0.25) is 0 Å². The standard InChI is InChI=1S/C24H32N2O3/c1-3-29-24(28)25-22(14-19-9-5-4-6-10-19)23(27)17-26-15-18(2)13-20-11-7-8-12-21(20)16-26/h4-12,18,22-23,27H,3,13-17H2,1-2H3,(H,25,28)/t18-,22-,23+/m0/s1. The van der Waals surface area contributed by atoms with Crippen molar-refractivity contribution >= 4 is 6.09 Å². The zero-order chi connectivity index (χ0) is 20.6. The lowest BCUT2D eigenvalue weighted by atomic mass is 9.99. The fraction of sp³-hybridized carbons (Fsp3) is 0.458. The molecule has 2 aromatic carbocycles. The molecule has 5 nitrogen and oxygen atoms in total. The van der Waals surface area contributed by atoms with Crippen LogP contribution in [0.5, 0.6) is 0 Å². The molecule has 1 amide bonds. The molecule has 0 saturated carbocycles. The highest BCUT2D eigenvalue weighted by atomic mass is 16.5. The number of fused-ring (bicyclic) bond motifs is 1. The average molecular weight is 397 g/mol. The second-order valence-electron chi connectivity index (χ2n) is 8.00. The van der Waals surface area contributed by atoms with Gasteiger partial charge in [-0.05, 0) is 42.4 Å². The van der Waals surface area contributed by atoms with E-state index in [9.17, 15) is 9.90 Å². The fourth-order valence-corrected chi connectivity index (χ4v) is 4.10. The van der Waals surface area contributed by atoms with Gasteiger partial charge >= 0.3 is 6.09 Å². The van der Waals surface area contributed by atoms with Crippen molar-refractivity contribution in [3.63, 3.8) is 0 Å². The van der Waals surface area contributed by atoms with Crippen LogP contribution in [0.3, 0.4) is 0 Å². The van der Waals surface area contributed by atoms with Gasteiger partial charge in [0.25, 0.3) is 0 Å². The van der Waals surface area contributed by atoms with Crippen molar-refractivity contribution in [1.82, 2.24) is 10.2 Å². The number of alkyl carbamates (subject to hydrolysis) is 1. The number of rotatable bonds is 7. The molecular weight excluding hydrogens is 364 g/mol. The highest BCUT2D eigenvalue weighted by molar-refractivity contribution is 5.67. The lowest BCUT2D eigenvalue weighted by Gasteiger charge is -2.30. The summed E-state index contributed by atoms with van der Waals surface area (Å²) in [4.78, 5) is 14.4. The molecule has 1 aliphatic heterocycles. The van der Waals surface area contributed by atoms with E-state index < -0.39 is 18.2 Å². The molecule has 2 N–H and O–H groups in total. The Bertz CT molecular complexity index is 781. The van der Waals surface area contributed by atoms with E-state index >= 15 is 0 Å². The summed E-state index contributed by atoms with van der Waals surface area (Å²) in [6.07, 6.45) is 0.428. The zero-order valence-corrected chi connectivity index (χ0v) is 17.4. The van der Waals surface area contributed by atoms with Crippen molar-refractivity contribution in [3.05, 3.63) is 71.3 Å². The van der Waals surface area contributed by atoms with E-state index in [0.29, 0.717) is 25.5 Å². The van der Waals surface area contributed by atoms with Gasteiger partial charge in [0, 0.05) is 19.6 Å². The predicted octanol–water partition coefficient (Wildman–Crippen LogP) is 3.40. The zero-order valence-electron chi connectivity index (χ0n) is 17.4. The summed E-state index contributed by atoms with van der Waals surface area (Å²) < 4.78 is 5.06. The topological polar surface area (TPSA) is 61.8 Å². The van der Waals surface area contributed by atoms with Gasteiger partial charge in [0.15, 0.2) is 0 Å². The number of β-amino-alcohol motifs (C(OH)–C–C–N with tert-alkyl or cyclic N) is 1. The van der Waals surface area contributed by atoms with Crippen LogP contribution in [0.4, 0.5) is 4.79 Å². The minimum atomic E-state index is -0.697. The molecule has 0 saturated heterocycles. The van der Waals surface area contributed by atoms with Gasteiger partial charge in [-0.25, -0.2) is 4.79 Å². The molecule has 0 radical (unpaired) electrons. The smallest absolute Gasteiger partial charge is 0.407 e. The number of aliphatic hydroxyl groups is 1. The molecule has 0 aromatic heterocycles. The number of benzene rings is 2. The third-order valence-electron chi connectivity index (χ3n) is 5.44. The quantitative estimate of drug-likeness (QED) is 0.753. The summed E-state index contributed by atoms with van der Waals surface area (Å²) in [5.74, 6) is 0.511. The Labute approximate surface area is 173 Å². The van der Waals surface area contributed by atoms with Crippen LogP contribution in [0.15, 0.2) is 54.6 Å². The number of nitrogens with one attached hydrogen (secondary N) is 1. The Kier molecular flexibility index (Phi) is 7.67.